The summed E-state index contributed by atoms with van der Waals surface area (Å²) in [6.45, 7) is 4.82. The second-order valence-corrected chi connectivity index (χ2v) is 9.83. The lowest BCUT2D eigenvalue weighted by Gasteiger charge is -2.32. The van der Waals surface area contributed by atoms with E-state index >= 15 is 0 Å². The minimum Gasteiger partial charge on any atom is -0.496 e. The molecule has 0 unspecified atom stereocenters. The van der Waals surface area contributed by atoms with E-state index in [1.165, 1.54) is 19.5 Å². The average Bonchev–Trinajstić information content (AvgIpc) is 3.40. The summed E-state index contributed by atoms with van der Waals surface area (Å²) in [5.74, 6) is -0.603. The van der Waals surface area contributed by atoms with Crippen LogP contribution >= 0.6 is 0 Å². The lowest BCUT2D eigenvalue weighted by atomic mass is 10.1. The molecular formula is C29H28F3N7O3. The van der Waals surface area contributed by atoms with Crippen LogP contribution in [-0.2, 0) is 17.5 Å². The molecule has 1 atom stereocenters. The standard InChI is InChI=1S/C29H28F3N7O3/c1-3-23(40)38-12-4-5-20(15-38)39-27-24(26(33)35-16-36-27)25(37-39)18-8-6-17(7-9-18)14-34-28(41)21-11-10-19(29(30,31)32)13-22(21)42-2/h3,6-11,13,16,20H,1,4-5,12,14-15H2,2H3,(H,34,41)(H2,33,35,36)/t20-/m1/s1. The molecule has 0 spiro atoms. The summed E-state index contributed by atoms with van der Waals surface area (Å²) in [6, 6.07) is 9.88. The number of carbonyl (C=O) groups is 2. The molecule has 1 aliphatic rings. The van der Waals surface area contributed by atoms with Crippen molar-refractivity contribution in [3.8, 4) is 17.0 Å². The number of carbonyl (C=O) groups excluding carboxylic acids is 2. The fourth-order valence-corrected chi connectivity index (χ4v) is 5.05. The van der Waals surface area contributed by atoms with Crippen LogP contribution in [0.25, 0.3) is 22.3 Å². The monoisotopic (exact) mass is 579 g/mol. The fourth-order valence-electron chi connectivity index (χ4n) is 5.05. The SMILES string of the molecule is C=CC(=O)N1CCC[C@@H](n2nc(-c3ccc(CNC(=O)c4ccc(C(F)(F)F)cc4OC)cc3)c3c(N)ncnc32)C1. The van der Waals surface area contributed by atoms with Crippen LogP contribution < -0.4 is 15.8 Å². The summed E-state index contributed by atoms with van der Waals surface area (Å²) < 4.78 is 45.9. The molecule has 0 aliphatic carbocycles. The smallest absolute Gasteiger partial charge is 0.416 e. The van der Waals surface area contributed by atoms with Crippen molar-refractivity contribution < 1.29 is 27.5 Å². The van der Waals surface area contributed by atoms with Crippen LogP contribution in [0.4, 0.5) is 19.0 Å². The van der Waals surface area contributed by atoms with Crippen molar-refractivity contribution in [1.29, 1.82) is 0 Å². The highest BCUT2D eigenvalue weighted by Gasteiger charge is 2.32. The van der Waals surface area contributed by atoms with Crippen LogP contribution in [0.15, 0.2) is 61.4 Å². The van der Waals surface area contributed by atoms with Crippen molar-refractivity contribution >= 4 is 28.7 Å². The summed E-state index contributed by atoms with van der Waals surface area (Å²) in [5, 5.41) is 8.17. The Balaban J connectivity index is 1.36. The van der Waals surface area contributed by atoms with E-state index in [1.54, 1.807) is 21.7 Å². The number of alkyl halides is 3. The number of nitrogens with two attached hydrogens (primary N) is 1. The number of amides is 2. The first-order chi connectivity index (χ1) is 20.1. The number of fused-ring (bicyclic) bond motifs is 1. The molecule has 3 N–H and O–H groups in total. The van der Waals surface area contributed by atoms with Crippen molar-refractivity contribution in [1.82, 2.24) is 30.0 Å². The van der Waals surface area contributed by atoms with E-state index in [0.717, 1.165) is 42.2 Å². The molecular weight excluding hydrogens is 551 g/mol. The number of aromatic nitrogens is 4. The minimum absolute atomic E-state index is 0.00864. The third kappa shape index (κ3) is 5.62. The molecule has 2 amide bonds. The second kappa shape index (κ2) is 11.5. The maximum atomic E-state index is 13.0. The Kier molecular flexibility index (Phi) is 7.83. The number of hydrogen-bond acceptors (Lipinski definition) is 7. The number of anilines is 1. The third-order valence-electron chi connectivity index (χ3n) is 7.20. The Hall–Kier alpha value is -4.94. The van der Waals surface area contributed by atoms with Crippen LogP contribution in [0.3, 0.4) is 0 Å². The summed E-state index contributed by atoms with van der Waals surface area (Å²) in [4.78, 5) is 35.3. The Morgan fingerprint density at radius 1 is 1.19 bits per heavy atom. The van der Waals surface area contributed by atoms with Crippen molar-refractivity contribution in [2.24, 2.45) is 0 Å². The highest BCUT2D eigenvalue weighted by Crippen LogP contribution is 2.35. The second-order valence-electron chi connectivity index (χ2n) is 9.83. The molecule has 0 saturated carbocycles. The molecule has 0 bridgehead atoms. The number of nitrogens with one attached hydrogen (secondary N) is 1. The molecule has 5 rings (SSSR count). The average molecular weight is 580 g/mol. The Labute approximate surface area is 239 Å². The van der Waals surface area contributed by atoms with Gasteiger partial charge in [-0.3, -0.25) is 9.59 Å². The summed E-state index contributed by atoms with van der Waals surface area (Å²) in [7, 11) is 1.21. The van der Waals surface area contributed by atoms with Gasteiger partial charge in [0.2, 0.25) is 5.91 Å². The van der Waals surface area contributed by atoms with Gasteiger partial charge in [0, 0.05) is 25.2 Å². The van der Waals surface area contributed by atoms with E-state index in [4.69, 9.17) is 15.6 Å². The van der Waals surface area contributed by atoms with Gasteiger partial charge >= 0.3 is 6.18 Å². The number of piperidine rings is 1. The first-order valence-electron chi connectivity index (χ1n) is 13.1. The molecule has 2 aromatic heterocycles. The van der Waals surface area contributed by atoms with Gasteiger partial charge in [-0.1, -0.05) is 30.8 Å². The zero-order chi connectivity index (χ0) is 30.0. The summed E-state index contributed by atoms with van der Waals surface area (Å²) in [6.07, 6.45) is -0.251. The number of likely N-dealkylation sites (tertiary alicyclic amines) is 1. The van der Waals surface area contributed by atoms with Crippen LogP contribution in [-0.4, -0.2) is 56.7 Å². The molecule has 1 aliphatic heterocycles. The van der Waals surface area contributed by atoms with Crippen LogP contribution in [0.1, 0.15) is 40.4 Å². The van der Waals surface area contributed by atoms with E-state index in [-0.39, 0.29) is 35.6 Å². The quantitative estimate of drug-likeness (QED) is 0.311. The number of methoxy groups -OCH3 is 1. The molecule has 13 heteroatoms. The normalized spacial score (nSPS) is 15.4. The number of benzene rings is 2. The van der Waals surface area contributed by atoms with Gasteiger partial charge in [-0.15, -0.1) is 0 Å². The van der Waals surface area contributed by atoms with Gasteiger partial charge in [0.15, 0.2) is 5.65 Å². The van der Waals surface area contributed by atoms with Crippen molar-refractivity contribution in [3.05, 3.63) is 78.1 Å². The highest BCUT2D eigenvalue weighted by molar-refractivity contribution is 5.98. The minimum atomic E-state index is -4.55. The van der Waals surface area contributed by atoms with Gasteiger partial charge in [0.05, 0.1) is 29.7 Å². The van der Waals surface area contributed by atoms with Crippen molar-refractivity contribution in [2.45, 2.75) is 31.6 Å². The first kappa shape index (κ1) is 28.6. The van der Waals surface area contributed by atoms with E-state index in [9.17, 15) is 22.8 Å². The number of halogens is 3. The number of rotatable bonds is 7. The Morgan fingerprint density at radius 2 is 1.95 bits per heavy atom. The molecule has 1 saturated heterocycles. The van der Waals surface area contributed by atoms with Crippen molar-refractivity contribution in [2.75, 3.05) is 25.9 Å². The van der Waals surface area contributed by atoms with Gasteiger partial charge in [-0.25, -0.2) is 14.6 Å². The van der Waals surface area contributed by atoms with Gasteiger partial charge < -0.3 is 20.7 Å². The number of ether oxygens (including phenoxy) is 1. The lowest BCUT2D eigenvalue weighted by molar-refractivity contribution is -0.137. The van der Waals surface area contributed by atoms with E-state index in [2.05, 4.69) is 21.9 Å². The molecule has 10 nitrogen and oxygen atoms in total. The fraction of sp³-hybridized carbons (Fsp3) is 0.276. The molecule has 42 heavy (non-hydrogen) atoms. The molecule has 0 radical (unpaired) electrons. The van der Waals surface area contributed by atoms with Crippen molar-refractivity contribution in [3.63, 3.8) is 0 Å². The molecule has 1 fully saturated rings. The van der Waals surface area contributed by atoms with Crippen LogP contribution in [0.2, 0.25) is 0 Å². The third-order valence-corrected chi connectivity index (χ3v) is 7.20. The number of nitrogen functional groups attached to an aromatic ring is 1. The van der Waals surface area contributed by atoms with E-state index in [1.807, 2.05) is 12.1 Å². The number of nitrogens with zero attached hydrogens (tertiary/aromatic N) is 5. The van der Waals surface area contributed by atoms with E-state index in [0.29, 0.717) is 29.8 Å². The van der Waals surface area contributed by atoms with Crippen LogP contribution in [0, 0.1) is 0 Å². The molecule has 3 heterocycles. The molecule has 218 valence electrons. The van der Waals surface area contributed by atoms with Gasteiger partial charge in [0.1, 0.15) is 23.6 Å². The summed E-state index contributed by atoms with van der Waals surface area (Å²) in [5.41, 5.74) is 7.98. The van der Waals surface area contributed by atoms with Gasteiger partial charge in [-0.2, -0.15) is 18.3 Å². The maximum Gasteiger partial charge on any atom is 0.416 e. The zero-order valence-electron chi connectivity index (χ0n) is 22.7. The Morgan fingerprint density at radius 3 is 2.64 bits per heavy atom. The Bertz CT molecular complexity index is 1650. The molecule has 4 aromatic rings. The predicted octanol–water partition coefficient (Wildman–Crippen LogP) is 4.38. The topological polar surface area (TPSA) is 128 Å². The number of hydrogen-bond donors (Lipinski definition) is 2. The van der Waals surface area contributed by atoms with Gasteiger partial charge in [0.25, 0.3) is 5.91 Å². The highest BCUT2D eigenvalue weighted by atomic mass is 19.4. The largest absolute Gasteiger partial charge is 0.496 e. The zero-order valence-corrected chi connectivity index (χ0v) is 22.7. The molecule has 2 aromatic carbocycles. The van der Waals surface area contributed by atoms with Crippen LogP contribution in [0.5, 0.6) is 5.75 Å². The maximum absolute atomic E-state index is 13.0. The van der Waals surface area contributed by atoms with Gasteiger partial charge in [-0.05, 0) is 42.7 Å². The summed E-state index contributed by atoms with van der Waals surface area (Å²) >= 11 is 0. The predicted molar refractivity (Wildman–Crippen MR) is 149 cm³/mol. The lowest BCUT2D eigenvalue weighted by Crippen LogP contribution is -2.40. The first-order valence-corrected chi connectivity index (χ1v) is 13.1. The van der Waals surface area contributed by atoms with E-state index < -0.39 is 17.6 Å².